The fourth-order valence-electron chi connectivity index (χ4n) is 1.71. The topological polar surface area (TPSA) is 49.3 Å². The van der Waals surface area contributed by atoms with Gasteiger partial charge in [0.2, 0.25) is 0 Å². The van der Waals surface area contributed by atoms with Crippen molar-refractivity contribution in [3.05, 3.63) is 59.7 Å². The van der Waals surface area contributed by atoms with E-state index in [0.29, 0.717) is 0 Å². The van der Waals surface area contributed by atoms with E-state index in [-0.39, 0.29) is 34.0 Å². The second-order valence-corrected chi connectivity index (χ2v) is 4.05. The Morgan fingerprint density at radius 3 is 2.33 bits per heavy atom. The molecule has 2 aromatic carbocycles. The first-order valence-corrected chi connectivity index (χ1v) is 5.64. The molecule has 0 aromatic heterocycles. The summed E-state index contributed by atoms with van der Waals surface area (Å²) in [6, 6.07) is 10.6. The van der Waals surface area contributed by atoms with Crippen LogP contribution in [0, 0.1) is 0 Å². The number of benzene rings is 2. The predicted molar refractivity (Wildman–Crippen MR) is 68.1 cm³/mol. The molecular weight excluding hydrogens is 335 g/mol. The first-order valence-electron chi connectivity index (χ1n) is 5.64. The van der Waals surface area contributed by atoms with E-state index in [4.69, 9.17) is 5.11 Å². The molecule has 0 spiro atoms. The summed E-state index contributed by atoms with van der Waals surface area (Å²) in [5.41, 5.74) is -0.395. The molecule has 0 amide bonds. The smallest absolute Gasteiger partial charge is 0.478 e. The van der Waals surface area contributed by atoms with E-state index in [0.717, 1.165) is 12.1 Å². The van der Waals surface area contributed by atoms with Crippen molar-refractivity contribution in [2.45, 2.75) is 6.18 Å². The van der Waals surface area contributed by atoms with Crippen LogP contribution in [0.5, 0.6) is 0 Å². The van der Waals surface area contributed by atoms with E-state index in [1.807, 2.05) is 0 Å². The van der Waals surface area contributed by atoms with Crippen molar-refractivity contribution in [2.24, 2.45) is 0 Å². The van der Waals surface area contributed by atoms with Crippen LogP contribution in [-0.2, 0) is 23.2 Å². The van der Waals surface area contributed by atoms with Crippen LogP contribution in [0.2, 0.25) is 0 Å². The third-order valence-corrected chi connectivity index (χ3v) is 2.63. The fraction of sp³-hybridized carbons (Fsp3) is 0.0714. The third kappa shape index (κ3) is 4.24. The van der Waals surface area contributed by atoms with Crippen molar-refractivity contribution in [2.75, 3.05) is 5.32 Å². The van der Waals surface area contributed by atoms with Gasteiger partial charge in [-0.1, -0.05) is 18.2 Å². The summed E-state index contributed by atoms with van der Waals surface area (Å²) in [4.78, 5) is 11.0. The minimum absolute atomic E-state index is 0. The van der Waals surface area contributed by atoms with E-state index >= 15 is 0 Å². The van der Waals surface area contributed by atoms with Gasteiger partial charge in [-0.2, -0.15) is 13.2 Å². The number of hydrogen-bond donors (Lipinski definition) is 2. The Bertz CT molecular complexity index is 644. The number of halogens is 3. The van der Waals surface area contributed by atoms with Gasteiger partial charge in [-0.3, -0.25) is 0 Å². The van der Waals surface area contributed by atoms with Crippen molar-refractivity contribution in [1.82, 2.24) is 0 Å². The standard InChI is InChI=1S/C14H10F3NO2.Cu/c15-14(16,17)9-4-3-5-10(8-9)18-12-7-2-1-6-11(12)13(19)20;/h1-8,18H,(H,19,20);/q;+2. The zero-order chi connectivity index (χ0) is 14.8. The molecule has 0 heterocycles. The summed E-state index contributed by atoms with van der Waals surface area (Å²) in [6.45, 7) is 0. The molecule has 0 bridgehead atoms. The summed E-state index contributed by atoms with van der Waals surface area (Å²) in [5, 5.41) is 11.7. The number of rotatable bonds is 3. The molecule has 0 aliphatic heterocycles. The summed E-state index contributed by atoms with van der Waals surface area (Å²) in [5.74, 6) is -1.15. The Balaban J connectivity index is 0.00000220. The third-order valence-electron chi connectivity index (χ3n) is 2.63. The quantitative estimate of drug-likeness (QED) is 0.822. The molecular formula is C14H10CuF3NO2+2. The molecule has 2 aromatic rings. The van der Waals surface area contributed by atoms with Crippen LogP contribution >= 0.6 is 0 Å². The first kappa shape index (κ1) is 17.1. The predicted octanol–water partition coefficient (Wildman–Crippen LogP) is 4.14. The number of carboxylic acids is 1. The van der Waals surface area contributed by atoms with E-state index in [1.165, 1.54) is 24.3 Å². The largest absolute Gasteiger partial charge is 2.00 e. The van der Waals surface area contributed by atoms with Crippen LogP contribution in [0.1, 0.15) is 15.9 Å². The van der Waals surface area contributed by atoms with Crippen LogP contribution in [0.15, 0.2) is 48.5 Å². The summed E-state index contributed by atoms with van der Waals surface area (Å²) >= 11 is 0. The molecule has 0 saturated carbocycles. The molecule has 3 nitrogen and oxygen atoms in total. The molecule has 0 saturated heterocycles. The summed E-state index contributed by atoms with van der Waals surface area (Å²) in [7, 11) is 0. The van der Waals surface area contributed by atoms with Crippen LogP contribution < -0.4 is 5.32 Å². The average Bonchev–Trinajstić information content (AvgIpc) is 2.38. The molecule has 1 radical (unpaired) electrons. The van der Waals surface area contributed by atoms with Crippen LogP contribution in [0.3, 0.4) is 0 Å². The molecule has 2 N–H and O–H groups in total. The maximum Gasteiger partial charge on any atom is 2.00 e. The molecule has 0 atom stereocenters. The zero-order valence-corrected chi connectivity index (χ0v) is 11.4. The van der Waals surface area contributed by atoms with Gasteiger partial charge in [0.25, 0.3) is 0 Å². The van der Waals surface area contributed by atoms with Gasteiger partial charge in [-0.15, -0.1) is 0 Å². The molecule has 0 fully saturated rings. The number of nitrogens with one attached hydrogen (secondary N) is 1. The number of para-hydroxylation sites is 1. The zero-order valence-electron chi connectivity index (χ0n) is 10.4. The van der Waals surface area contributed by atoms with Gasteiger partial charge < -0.3 is 10.4 Å². The average molecular weight is 345 g/mol. The summed E-state index contributed by atoms with van der Waals surface area (Å²) in [6.07, 6.45) is -4.44. The second kappa shape index (κ2) is 6.65. The summed E-state index contributed by atoms with van der Waals surface area (Å²) < 4.78 is 37.8. The Kier molecular flexibility index (Phi) is 5.40. The molecule has 0 aliphatic rings. The van der Waals surface area contributed by atoms with Crippen molar-refractivity contribution >= 4 is 17.3 Å². The molecule has 2 rings (SSSR count). The van der Waals surface area contributed by atoms with E-state index in [2.05, 4.69) is 5.32 Å². The first-order chi connectivity index (χ1) is 9.38. The van der Waals surface area contributed by atoms with Crippen LogP contribution in [-0.4, -0.2) is 11.1 Å². The number of carbonyl (C=O) groups is 1. The minimum atomic E-state index is -4.44. The maximum atomic E-state index is 12.6. The van der Waals surface area contributed by atoms with Crippen molar-refractivity contribution in [1.29, 1.82) is 0 Å². The number of alkyl halides is 3. The van der Waals surface area contributed by atoms with E-state index in [1.54, 1.807) is 12.1 Å². The molecule has 21 heavy (non-hydrogen) atoms. The fourth-order valence-corrected chi connectivity index (χ4v) is 1.71. The van der Waals surface area contributed by atoms with Gasteiger partial charge in [0.15, 0.2) is 0 Å². The van der Waals surface area contributed by atoms with Gasteiger partial charge >= 0.3 is 29.2 Å². The molecule has 113 valence electrons. The normalized spacial score (nSPS) is 10.6. The van der Waals surface area contributed by atoms with Crippen molar-refractivity contribution < 1.29 is 40.1 Å². The van der Waals surface area contributed by atoms with Crippen LogP contribution in [0.25, 0.3) is 0 Å². The number of carboxylic acid groups (broad SMARTS) is 1. The molecule has 0 aliphatic carbocycles. The Morgan fingerprint density at radius 1 is 1.05 bits per heavy atom. The van der Waals surface area contributed by atoms with Crippen molar-refractivity contribution in [3.8, 4) is 0 Å². The maximum absolute atomic E-state index is 12.6. The van der Waals surface area contributed by atoms with Gasteiger partial charge in [-0.05, 0) is 30.3 Å². The number of aromatic carboxylic acids is 1. The van der Waals surface area contributed by atoms with Gasteiger partial charge in [0, 0.05) is 5.69 Å². The second-order valence-electron chi connectivity index (χ2n) is 4.05. The number of anilines is 2. The Labute approximate surface area is 129 Å². The number of hydrogen-bond acceptors (Lipinski definition) is 2. The van der Waals surface area contributed by atoms with Gasteiger partial charge in [-0.25, -0.2) is 4.79 Å². The Hall–Kier alpha value is -1.98. The monoisotopic (exact) mass is 344 g/mol. The molecule has 0 unspecified atom stereocenters. The Morgan fingerprint density at radius 2 is 1.71 bits per heavy atom. The van der Waals surface area contributed by atoms with E-state index < -0.39 is 17.7 Å². The molecule has 7 heteroatoms. The van der Waals surface area contributed by atoms with Gasteiger partial charge in [0.05, 0.1) is 16.8 Å². The minimum Gasteiger partial charge on any atom is -0.478 e. The van der Waals surface area contributed by atoms with Crippen LogP contribution in [0.4, 0.5) is 24.5 Å². The SMILES string of the molecule is O=C(O)c1ccccc1Nc1cccc(C(F)(F)F)c1.[Cu+2]. The van der Waals surface area contributed by atoms with Crippen molar-refractivity contribution in [3.63, 3.8) is 0 Å². The van der Waals surface area contributed by atoms with E-state index in [9.17, 15) is 18.0 Å². The van der Waals surface area contributed by atoms with Gasteiger partial charge in [0.1, 0.15) is 0 Å².